The summed E-state index contributed by atoms with van der Waals surface area (Å²) < 4.78 is 0. The molecule has 0 spiro atoms. The molecule has 23 heavy (non-hydrogen) atoms. The topological polar surface area (TPSA) is 46.2 Å². The maximum Gasteiger partial charge on any atom is 0.220 e. The molecular weight excluding hydrogens is 286 g/mol. The third-order valence-electron chi connectivity index (χ3n) is 4.48. The Bertz CT molecular complexity index is 709. The minimum atomic E-state index is -0.411. The fourth-order valence-electron chi connectivity index (χ4n) is 3.30. The molecule has 3 nitrogen and oxygen atoms in total. The molecule has 0 fully saturated rings. The van der Waals surface area contributed by atoms with Crippen LogP contribution in [0.4, 0.5) is 0 Å². The van der Waals surface area contributed by atoms with Crippen LogP contribution in [-0.2, 0) is 11.2 Å². The minimum absolute atomic E-state index is 0.0340. The summed E-state index contributed by atoms with van der Waals surface area (Å²) in [5.41, 5.74) is 3.10. The van der Waals surface area contributed by atoms with Gasteiger partial charge in [-0.05, 0) is 29.9 Å². The van der Waals surface area contributed by atoms with Crippen LogP contribution in [0.15, 0.2) is 54.6 Å². The number of carbonyl (C=O) groups excluding carboxylic acids is 2. The maximum atomic E-state index is 12.7. The molecule has 118 valence electrons. The lowest BCUT2D eigenvalue weighted by atomic mass is 9.76. The maximum absolute atomic E-state index is 12.7. The van der Waals surface area contributed by atoms with E-state index in [0.717, 1.165) is 17.5 Å². The first kappa shape index (κ1) is 15.5. The zero-order valence-electron chi connectivity index (χ0n) is 13.3. The molecule has 2 atom stereocenters. The second-order valence-electron chi connectivity index (χ2n) is 6.05. The number of fused-ring (bicyclic) bond motifs is 1. The Morgan fingerprint density at radius 1 is 1.09 bits per heavy atom. The fourth-order valence-corrected chi connectivity index (χ4v) is 3.30. The minimum Gasteiger partial charge on any atom is -0.346 e. The molecule has 3 rings (SSSR count). The van der Waals surface area contributed by atoms with Crippen LogP contribution in [0.1, 0.15) is 47.2 Å². The molecule has 1 N–H and O–H groups in total. The molecule has 2 aromatic rings. The number of ketones is 1. The van der Waals surface area contributed by atoms with E-state index < -0.39 is 6.04 Å². The first-order valence-corrected chi connectivity index (χ1v) is 8.15. The van der Waals surface area contributed by atoms with Crippen molar-refractivity contribution >= 4 is 11.7 Å². The lowest BCUT2D eigenvalue weighted by Gasteiger charge is -2.31. The molecule has 2 aromatic carbocycles. The predicted molar refractivity (Wildman–Crippen MR) is 90.5 cm³/mol. The van der Waals surface area contributed by atoms with Gasteiger partial charge in [-0.3, -0.25) is 9.59 Å². The van der Waals surface area contributed by atoms with Crippen LogP contribution in [0, 0.1) is 0 Å². The van der Waals surface area contributed by atoms with Gasteiger partial charge in [0.05, 0.1) is 6.04 Å². The predicted octanol–water partition coefficient (Wildman–Crippen LogP) is 3.49. The van der Waals surface area contributed by atoms with Gasteiger partial charge in [0.25, 0.3) is 0 Å². The van der Waals surface area contributed by atoms with E-state index in [-0.39, 0.29) is 17.6 Å². The Hall–Kier alpha value is -2.42. The number of nitrogens with one attached hydrogen (secondary N) is 1. The Morgan fingerprint density at radius 3 is 2.52 bits per heavy atom. The smallest absolute Gasteiger partial charge is 0.220 e. The van der Waals surface area contributed by atoms with E-state index in [0.29, 0.717) is 12.8 Å². The SMILES string of the molecule is CCC(=O)NC1CC(Cc2ccccc2)c2ccccc2C1=O. The summed E-state index contributed by atoms with van der Waals surface area (Å²) in [7, 11) is 0. The van der Waals surface area contributed by atoms with Gasteiger partial charge in [-0.1, -0.05) is 61.5 Å². The summed E-state index contributed by atoms with van der Waals surface area (Å²) in [5, 5.41) is 2.89. The van der Waals surface area contributed by atoms with Gasteiger partial charge in [0.2, 0.25) is 5.91 Å². The van der Waals surface area contributed by atoms with Crippen LogP contribution in [0.5, 0.6) is 0 Å². The molecule has 0 aliphatic heterocycles. The zero-order valence-corrected chi connectivity index (χ0v) is 13.3. The summed E-state index contributed by atoms with van der Waals surface area (Å²) in [6, 6.07) is 17.7. The number of amides is 1. The monoisotopic (exact) mass is 307 g/mol. The summed E-state index contributed by atoms with van der Waals surface area (Å²) >= 11 is 0. The van der Waals surface area contributed by atoms with E-state index in [1.807, 2.05) is 42.5 Å². The van der Waals surface area contributed by atoms with Crippen molar-refractivity contribution in [1.29, 1.82) is 0 Å². The van der Waals surface area contributed by atoms with Crippen LogP contribution < -0.4 is 5.32 Å². The molecule has 1 aliphatic rings. The van der Waals surface area contributed by atoms with Crippen molar-refractivity contribution in [2.45, 2.75) is 38.1 Å². The molecule has 0 heterocycles. The molecule has 1 amide bonds. The quantitative estimate of drug-likeness (QED) is 0.940. The lowest BCUT2D eigenvalue weighted by Crippen LogP contribution is -2.44. The first-order chi connectivity index (χ1) is 11.2. The van der Waals surface area contributed by atoms with Crippen LogP contribution >= 0.6 is 0 Å². The lowest BCUT2D eigenvalue weighted by molar-refractivity contribution is -0.121. The van der Waals surface area contributed by atoms with E-state index in [9.17, 15) is 9.59 Å². The molecule has 0 radical (unpaired) electrons. The van der Waals surface area contributed by atoms with E-state index in [2.05, 4.69) is 17.4 Å². The van der Waals surface area contributed by atoms with Crippen molar-refractivity contribution in [1.82, 2.24) is 5.32 Å². The number of benzene rings is 2. The van der Waals surface area contributed by atoms with Crippen molar-refractivity contribution in [3.63, 3.8) is 0 Å². The van der Waals surface area contributed by atoms with Crippen LogP contribution in [-0.4, -0.2) is 17.7 Å². The number of rotatable bonds is 4. The highest BCUT2D eigenvalue weighted by atomic mass is 16.2. The largest absolute Gasteiger partial charge is 0.346 e. The average Bonchev–Trinajstić information content (AvgIpc) is 2.60. The molecule has 0 aromatic heterocycles. The zero-order chi connectivity index (χ0) is 16.2. The van der Waals surface area contributed by atoms with Gasteiger partial charge in [-0.15, -0.1) is 0 Å². The van der Waals surface area contributed by atoms with Crippen molar-refractivity contribution in [2.75, 3.05) is 0 Å². The van der Waals surface area contributed by atoms with E-state index in [4.69, 9.17) is 0 Å². The highest BCUT2D eigenvalue weighted by Gasteiger charge is 2.33. The second kappa shape index (κ2) is 6.78. The Kier molecular flexibility index (Phi) is 4.56. The highest BCUT2D eigenvalue weighted by molar-refractivity contribution is 6.04. The standard InChI is InChI=1S/C20H21NO2/c1-2-19(22)21-18-13-15(12-14-8-4-3-5-9-14)16-10-6-7-11-17(16)20(18)23/h3-11,15,18H,2,12-13H2,1H3,(H,21,22). The molecular formula is C20H21NO2. The van der Waals surface area contributed by atoms with Gasteiger partial charge in [0.1, 0.15) is 0 Å². The highest BCUT2D eigenvalue weighted by Crippen LogP contribution is 2.34. The van der Waals surface area contributed by atoms with Gasteiger partial charge in [0.15, 0.2) is 5.78 Å². The summed E-state index contributed by atoms with van der Waals surface area (Å²) in [5.74, 6) is 0.210. The molecule has 1 aliphatic carbocycles. The Morgan fingerprint density at radius 2 is 1.78 bits per heavy atom. The normalized spacial score (nSPS) is 20.0. The summed E-state index contributed by atoms with van der Waals surface area (Å²) in [6.45, 7) is 1.80. The number of hydrogen-bond acceptors (Lipinski definition) is 2. The molecule has 0 bridgehead atoms. The van der Waals surface area contributed by atoms with Gasteiger partial charge in [-0.2, -0.15) is 0 Å². The first-order valence-electron chi connectivity index (χ1n) is 8.15. The Balaban J connectivity index is 1.90. The van der Waals surface area contributed by atoms with Crippen LogP contribution in [0.3, 0.4) is 0 Å². The average molecular weight is 307 g/mol. The number of hydrogen-bond donors (Lipinski definition) is 1. The molecule has 3 heteroatoms. The van der Waals surface area contributed by atoms with Gasteiger partial charge < -0.3 is 5.32 Å². The third-order valence-corrected chi connectivity index (χ3v) is 4.48. The third kappa shape index (κ3) is 3.34. The molecule has 0 saturated carbocycles. The van der Waals surface area contributed by atoms with Crippen molar-refractivity contribution in [3.05, 3.63) is 71.3 Å². The van der Waals surface area contributed by atoms with E-state index in [1.54, 1.807) is 6.92 Å². The summed E-state index contributed by atoms with van der Waals surface area (Å²) in [6.07, 6.45) is 1.94. The van der Waals surface area contributed by atoms with Gasteiger partial charge >= 0.3 is 0 Å². The number of Topliss-reactive ketones (excluding diaryl/α,β-unsaturated/α-hetero) is 1. The second-order valence-corrected chi connectivity index (χ2v) is 6.05. The number of carbonyl (C=O) groups is 2. The molecule has 2 unspecified atom stereocenters. The molecule has 0 saturated heterocycles. The van der Waals surface area contributed by atoms with Gasteiger partial charge in [-0.25, -0.2) is 0 Å². The van der Waals surface area contributed by atoms with Crippen molar-refractivity contribution < 1.29 is 9.59 Å². The van der Waals surface area contributed by atoms with E-state index >= 15 is 0 Å². The van der Waals surface area contributed by atoms with Crippen LogP contribution in [0.2, 0.25) is 0 Å². The van der Waals surface area contributed by atoms with E-state index in [1.165, 1.54) is 5.56 Å². The van der Waals surface area contributed by atoms with Crippen molar-refractivity contribution in [2.24, 2.45) is 0 Å². The fraction of sp³-hybridized carbons (Fsp3) is 0.300. The van der Waals surface area contributed by atoms with Crippen LogP contribution in [0.25, 0.3) is 0 Å². The van der Waals surface area contributed by atoms with Gasteiger partial charge in [0, 0.05) is 12.0 Å². The Labute approximate surface area is 136 Å². The summed E-state index contributed by atoms with van der Waals surface area (Å²) in [4.78, 5) is 24.4. The van der Waals surface area contributed by atoms with Crippen molar-refractivity contribution in [3.8, 4) is 0 Å².